The maximum atomic E-state index is 3.13. The molecule has 1 atom stereocenters. The second-order valence-electron chi connectivity index (χ2n) is 13.0. The van der Waals surface area contributed by atoms with Crippen molar-refractivity contribution >= 4 is 9.24 Å². The van der Waals surface area contributed by atoms with Crippen molar-refractivity contribution in [3.8, 4) is 22.3 Å². The Morgan fingerprint density at radius 3 is 0.864 bits per heavy atom. The summed E-state index contributed by atoms with van der Waals surface area (Å²) in [7, 11) is 3.13. The summed E-state index contributed by atoms with van der Waals surface area (Å²) in [5.74, 6) is 0. The second kappa shape index (κ2) is 19.6. The highest BCUT2D eigenvalue weighted by atomic mass is 31.0. The molecule has 0 amide bonds. The van der Waals surface area contributed by atoms with Gasteiger partial charge in [-0.05, 0) is 114 Å². The smallest absolute Gasteiger partial charge is 0.0184 e. The third-order valence-electron chi connectivity index (χ3n) is 9.20. The van der Waals surface area contributed by atoms with E-state index in [1.54, 1.807) is 0 Å². The lowest BCUT2D eigenvalue weighted by atomic mass is 9.98. The summed E-state index contributed by atoms with van der Waals surface area (Å²) >= 11 is 0. The van der Waals surface area contributed by atoms with Gasteiger partial charge in [-0.3, -0.25) is 0 Å². The SMILES string of the molecule is CCCCCc1ccc(-c2ccc(CCCCC(P)CCCCc3ccc(-c4ccc(CCCCC)cc4)cc3)cc2)cc1. The third kappa shape index (κ3) is 12.0. The van der Waals surface area contributed by atoms with Crippen molar-refractivity contribution in [3.63, 3.8) is 0 Å². The van der Waals surface area contributed by atoms with E-state index in [1.807, 2.05) is 0 Å². The minimum Gasteiger partial charge on any atom is -0.134 e. The fourth-order valence-electron chi connectivity index (χ4n) is 6.23. The predicted molar refractivity (Wildman–Crippen MR) is 199 cm³/mol. The molecule has 1 unspecified atom stereocenters. The van der Waals surface area contributed by atoms with Gasteiger partial charge < -0.3 is 0 Å². The molecular weight excluding hydrogens is 547 g/mol. The summed E-state index contributed by atoms with van der Waals surface area (Å²) in [5.41, 5.74) is 11.9. The topological polar surface area (TPSA) is 0 Å². The Kier molecular flexibility index (Phi) is 15.3. The molecule has 0 aliphatic rings. The summed E-state index contributed by atoms with van der Waals surface area (Å²) in [6.45, 7) is 4.54. The van der Waals surface area contributed by atoms with Crippen LogP contribution in [0.1, 0.15) is 113 Å². The van der Waals surface area contributed by atoms with Crippen LogP contribution in [0.2, 0.25) is 0 Å². The molecule has 0 saturated carbocycles. The number of hydrogen-bond donors (Lipinski definition) is 0. The molecule has 0 nitrogen and oxygen atoms in total. The van der Waals surface area contributed by atoms with Crippen molar-refractivity contribution in [2.24, 2.45) is 0 Å². The average molecular weight is 605 g/mol. The van der Waals surface area contributed by atoms with Crippen molar-refractivity contribution in [3.05, 3.63) is 119 Å². The predicted octanol–water partition coefficient (Wildman–Crippen LogP) is 12.9. The van der Waals surface area contributed by atoms with Crippen molar-refractivity contribution in [2.45, 2.75) is 122 Å². The molecule has 4 aromatic rings. The van der Waals surface area contributed by atoms with Crippen molar-refractivity contribution < 1.29 is 0 Å². The number of unbranched alkanes of at least 4 members (excludes halogenated alkanes) is 6. The Labute approximate surface area is 272 Å². The standard InChI is InChI=1S/C43H57P/c1-3-5-7-13-35-19-27-39(28-20-35)41-31-23-37(24-32-41)15-9-11-17-43(44)18-12-10-16-38-25-33-42(34-26-38)40-29-21-36(22-30-40)14-8-6-4-2/h19-34,43H,3-18,44H2,1-2H3. The lowest BCUT2D eigenvalue weighted by molar-refractivity contribution is 0.591. The van der Waals surface area contributed by atoms with E-state index in [2.05, 4.69) is 120 Å². The van der Waals surface area contributed by atoms with Gasteiger partial charge in [0.2, 0.25) is 0 Å². The Morgan fingerprint density at radius 1 is 0.364 bits per heavy atom. The minimum atomic E-state index is 0.745. The van der Waals surface area contributed by atoms with Gasteiger partial charge in [-0.25, -0.2) is 0 Å². The van der Waals surface area contributed by atoms with E-state index in [9.17, 15) is 0 Å². The highest BCUT2D eigenvalue weighted by Gasteiger charge is 2.05. The molecule has 4 aromatic carbocycles. The molecule has 0 bridgehead atoms. The number of rotatable bonds is 20. The van der Waals surface area contributed by atoms with E-state index in [-0.39, 0.29) is 0 Å². The van der Waals surface area contributed by atoms with Crippen LogP contribution in [-0.2, 0) is 25.7 Å². The quantitative estimate of drug-likeness (QED) is 0.0695. The molecule has 0 N–H and O–H groups in total. The van der Waals surface area contributed by atoms with Crippen LogP contribution in [0.15, 0.2) is 97.1 Å². The van der Waals surface area contributed by atoms with Gasteiger partial charge in [0, 0.05) is 0 Å². The van der Waals surface area contributed by atoms with Crippen molar-refractivity contribution in [2.75, 3.05) is 0 Å². The van der Waals surface area contributed by atoms with Crippen molar-refractivity contribution in [1.82, 2.24) is 0 Å². The number of aryl methyl sites for hydroxylation is 4. The van der Waals surface area contributed by atoms with Crippen LogP contribution >= 0.6 is 9.24 Å². The van der Waals surface area contributed by atoms with Gasteiger partial charge >= 0.3 is 0 Å². The molecule has 1 heteroatoms. The van der Waals surface area contributed by atoms with Crippen LogP contribution in [0.25, 0.3) is 22.3 Å². The van der Waals surface area contributed by atoms with E-state index in [1.165, 1.54) is 147 Å². The maximum Gasteiger partial charge on any atom is -0.0184 e. The molecule has 0 fully saturated rings. The highest BCUT2D eigenvalue weighted by molar-refractivity contribution is 7.17. The lowest BCUT2D eigenvalue weighted by Crippen LogP contribution is -1.99. The van der Waals surface area contributed by atoms with Crippen LogP contribution < -0.4 is 0 Å². The first-order chi connectivity index (χ1) is 21.6. The molecule has 0 saturated heterocycles. The van der Waals surface area contributed by atoms with Gasteiger partial charge in [0.05, 0.1) is 0 Å². The molecule has 234 valence electrons. The van der Waals surface area contributed by atoms with Crippen LogP contribution in [0, 0.1) is 0 Å². The highest BCUT2D eigenvalue weighted by Crippen LogP contribution is 2.24. The van der Waals surface area contributed by atoms with Crippen LogP contribution in [0.4, 0.5) is 0 Å². The first-order valence-electron chi connectivity index (χ1n) is 17.8. The largest absolute Gasteiger partial charge is 0.134 e. The molecular formula is C43H57P. The van der Waals surface area contributed by atoms with E-state index < -0.39 is 0 Å². The summed E-state index contributed by atoms with van der Waals surface area (Å²) < 4.78 is 0. The van der Waals surface area contributed by atoms with Gasteiger partial charge in [-0.2, -0.15) is 0 Å². The molecule has 0 radical (unpaired) electrons. The Morgan fingerprint density at radius 2 is 0.614 bits per heavy atom. The Bertz CT molecular complexity index is 1190. The zero-order valence-electron chi connectivity index (χ0n) is 27.7. The van der Waals surface area contributed by atoms with Gasteiger partial charge in [-0.1, -0.05) is 149 Å². The van der Waals surface area contributed by atoms with Crippen molar-refractivity contribution in [1.29, 1.82) is 0 Å². The molecule has 0 aromatic heterocycles. The van der Waals surface area contributed by atoms with E-state index >= 15 is 0 Å². The maximum absolute atomic E-state index is 3.13. The van der Waals surface area contributed by atoms with Gasteiger partial charge in [-0.15, -0.1) is 9.24 Å². The van der Waals surface area contributed by atoms with E-state index in [4.69, 9.17) is 0 Å². The number of benzene rings is 4. The zero-order valence-corrected chi connectivity index (χ0v) is 28.9. The zero-order chi connectivity index (χ0) is 30.8. The van der Waals surface area contributed by atoms with Crippen LogP contribution in [-0.4, -0.2) is 5.66 Å². The van der Waals surface area contributed by atoms with E-state index in [0.29, 0.717) is 0 Å². The first kappa shape index (κ1) is 34.2. The van der Waals surface area contributed by atoms with Gasteiger partial charge in [0.1, 0.15) is 0 Å². The fourth-order valence-corrected chi connectivity index (χ4v) is 6.70. The molecule has 0 aliphatic carbocycles. The van der Waals surface area contributed by atoms with Gasteiger partial charge in [0.15, 0.2) is 0 Å². The Hall–Kier alpha value is -2.69. The van der Waals surface area contributed by atoms with Crippen LogP contribution in [0.5, 0.6) is 0 Å². The monoisotopic (exact) mass is 604 g/mol. The number of hydrogen-bond acceptors (Lipinski definition) is 0. The first-order valence-corrected chi connectivity index (χ1v) is 18.4. The minimum absolute atomic E-state index is 0.745. The summed E-state index contributed by atoms with van der Waals surface area (Å²) in [6, 6.07) is 37.0. The molecule has 4 rings (SSSR count). The lowest BCUT2D eigenvalue weighted by Gasteiger charge is -2.11. The molecule has 44 heavy (non-hydrogen) atoms. The fraction of sp³-hybridized carbons (Fsp3) is 0.442. The summed E-state index contributed by atoms with van der Waals surface area (Å²) in [5, 5.41) is 0. The van der Waals surface area contributed by atoms with Gasteiger partial charge in [0.25, 0.3) is 0 Å². The normalized spacial score (nSPS) is 11.4. The molecule has 0 spiro atoms. The van der Waals surface area contributed by atoms with Crippen LogP contribution in [0.3, 0.4) is 0 Å². The summed E-state index contributed by atoms with van der Waals surface area (Å²) in [4.78, 5) is 0. The summed E-state index contributed by atoms with van der Waals surface area (Å²) in [6.07, 6.45) is 20.4. The average Bonchev–Trinajstić information content (AvgIpc) is 3.07. The van der Waals surface area contributed by atoms with E-state index in [0.717, 1.165) is 5.66 Å². The Balaban J connectivity index is 1.07. The molecule has 0 heterocycles. The third-order valence-corrected chi connectivity index (χ3v) is 9.87. The molecule has 0 aliphatic heterocycles. The second-order valence-corrected chi connectivity index (χ2v) is 13.9.